The summed E-state index contributed by atoms with van der Waals surface area (Å²) in [6.45, 7) is 2.83. The molecule has 0 aliphatic heterocycles. The molecule has 0 spiro atoms. The van der Waals surface area contributed by atoms with Crippen molar-refractivity contribution in [1.82, 2.24) is 15.3 Å². The van der Waals surface area contributed by atoms with Crippen molar-refractivity contribution in [3.05, 3.63) is 57.7 Å². The maximum absolute atomic E-state index is 10.8. The van der Waals surface area contributed by atoms with Crippen LogP contribution in [0.25, 0.3) is 0 Å². The van der Waals surface area contributed by atoms with Gasteiger partial charge in [-0.15, -0.1) is 0 Å². The van der Waals surface area contributed by atoms with Crippen molar-refractivity contribution < 1.29 is 9.66 Å². The van der Waals surface area contributed by atoms with Crippen LogP contribution in [-0.4, -0.2) is 22.0 Å². The van der Waals surface area contributed by atoms with Gasteiger partial charge in [-0.05, 0) is 19.1 Å². The Morgan fingerprint density at radius 2 is 2.14 bits per heavy atom. The van der Waals surface area contributed by atoms with Gasteiger partial charge in [-0.1, -0.05) is 0 Å². The van der Waals surface area contributed by atoms with Gasteiger partial charge < -0.3 is 10.1 Å². The van der Waals surface area contributed by atoms with E-state index in [-0.39, 0.29) is 5.69 Å². The van der Waals surface area contributed by atoms with E-state index < -0.39 is 4.92 Å². The van der Waals surface area contributed by atoms with Crippen LogP contribution in [0.3, 0.4) is 0 Å². The summed E-state index contributed by atoms with van der Waals surface area (Å²) in [5.41, 5.74) is 1.65. The standard InChI is InChI=1S/C14H16N4O3/c1-10-16-6-5-12(17-10)9-15-8-11-7-13(18(19)20)3-4-14(11)21-2/h3-7,15H,8-9H2,1-2H3. The van der Waals surface area contributed by atoms with Gasteiger partial charge in [0.25, 0.3) is 5.69 Å². The van der Waals surface area contributed by atoms with E-state index in [0.717, 1.165) is 11.3 Å². The highest BCUT2D eigenvalue weighted by Crippen LogP contribution is 2.23. The number of rotatable bonds is 6. The van der Waals surface area contributed by atoms with E-state index in [9.17, 15) is 10.1 Å². The van der Waals surface area contributed by atoms with Crippen LogP contribution in [0.4, 0.5) is 5.69 Å². The smallest absolute Gasteiger partial charge is 0.270 e. The maximum atomic E-state index is 10.8. The molecule has 0 saturated carbocycles. The molecule has 0 aliphatic rings. The molecule has 2 aromatic rings. The van der Waals surface area contributed by atoms with Gasteiger partial charge in [0.15, 0.2) is 0 Å². The molecule has 1 aromatic carbocycles. The van der Waals surface area contributed by atoms with Gasteiger partial charge in [-0.3, -0.25) is 10.1 Å². The molecule has 0 aliphatic carbocycles. The SMILES string of the molecule is COc1ccc([N+](=O)[O-])cc1CNCc1ccnc(C)n1. The Bertz CT molecular complexity index is 646. The monoisotopic (exact) mass is 288 g/mol. The third-order valence-corrected chi connectivity index (χ3v) is 2.93. The molecule has 21 heavy (non-hydrogen) atoms. The van der Waals surface area contributed by atoms with Crippen LogP contribution in [0.5, 0.6) is 5.75 Å². The molecule has 0 fully saturated rings. The van der Waals surface area contributed by atoms with Crippen LogP contribution in [0, 0.1) is 17.0 Å². The number of nitro groups is 1. The van der Waals surface area contributed by atoms with Gasteiger partial charge in [0, 0.05) is 37.0 Å². The van der Waals surface area contributed by atoms with Crippen molar-refractivity contribution in [3.8, 4) is 5.75 Å². The van der Waals surface area contributed by atoms with E-state index >= 15 is 0 Å². The zero-order valence-corrected chi connectivity index (χ0v) is 11.9. The Morgan fingerprint density at radius 3 is 2.81 bits per heavy atom. The second kappa shape index (κ2) is 6.76. The summed E-state index contributed by atoms with van der Waals surface area (Å²) in [5, 5.41) is 14.0. The van der Waals surface area contributed by atoms with Crippen LogP contribution in [0.2, 0.25) is 0 Å². The Morgan fingerprint density at radius 1 is 1.33 bits per heavy atom. The predicted octanol–water partition coefficient (Wildman–Crippen LogP) is 1.99. The number of aryl methyl sites for hydroxylation is 1. The lowest BCUT2D eigenvalue weighted by Gasteiger charge is -2.09. The summed E-state index contributed by atoms with van der Waals surface area (Å²) in [7, 11) is 1.54. The summed E-state index contributed by atoms with van der Waals surface area (Å²) >= 11 is 0. The number of non-ortho nitro benzene ring substituents is 1. The topological polar surface area (TPSA) is 90.2 Å². The minimum absolute atomic E-state index is 0.0467. The fraction of sp³-hybridized carbons (Fsp3) is 0.286. The summed E-state index contributed by atoms with van der Waals surface area (Å²) in [6.07, 6.45) is 1.70. The van der Waals surface area contributed by atoms with E-state index in [2.05, 4.69) is 15.3 Å². The largest absolute Gasteiger partial charge is 0.496 e. The Hall–Kier alpha value is -2.54. The first-order valence-corrected chi connectivity index (χ1v) is 6.40. The van der Waals surface area contributed by atoms with Crippen molar-refractivity contribution in [2.45, 2.75) is 20.0 Å². The summed E-state index contributed by atoms with van der Waals surface area (Å²) in [6, 6.07) is 6.36. The quantitative estimate of drug-likeness (QED) is 0.645. The first kappa shape index (κ1) is 14.9. The molecule has 1 N–H and O–H groups in total. The number of nitrogens with zero attached hydrogens (tertiary/aromatic N) is 3. The Kier molecular flexibility index (Phi) is 4.78. The first-order chi connectivity index (χ1) is 10.1. The van der Waals surface area contributed by atoms with E-state index in [0.29, 0.717) is 24.7 Å². The summed E-state index contributed by atoms with van der Waals surface area (Å²) in [5.74, 6) is 1.33. The van der Waals surface area contributed by atoms with Crippen molar-refractivity contribution in [1.29, 1.82) is 0 Å². The minimum atomic E-state index is -0.420. The second-order valence-electron chi connectivity index (χ2n) is 4.45. The van der Waals surface area contributed by atoms with Crippen molar-refractivity contribution in [3.63, 3.8) is 0 Å². The van der Waals surface area contributed by atoms with Crippen LogP contribution in [-0.2, 0) is 13.1 Å². The number of methoxy groups -OCH3 is 1. The molecule has 0 amide bonds. The molecule has 0 saturated heterocycles. The molecule has 7 nitrogen and oxygen atoms in total. The van der Waals surface area contributed by atoms with E-state index in [4.69, 9.17) is 4.74 Å². The first-order valence-electron chi connectivity index (χ1n) is 6.40. The fourth-order valence-corrected chi connectivity index (χ4v) is 1.95. The zero-order valence-electron chi connectivity index (χ0n) is 11.9. The van der Waals surface area contributed by atoms with Crippen LogP contribution in [0.15, 0.2) is 30.5 Å². The van der Waals surface area contributed by atoms with Gasteiger partial charge in [-0.2, -0.15) is 0 Å². The van der Waals surface area contributed by atoms with Crippen molar-refractivity contribution >= 4 is 5.69 Å². The number of hydrogen-bond donors (Lipinski definition) is 1. The number of nitrogens with one attached hydrogen (secondary N) is 1. The number of nitro benzene ring substituents is 1. The number of benzene rings is 1. The van der Waals surface area contributed by atoms with Gasteiger partial charge >= 0.3 is 0 Å². The molecule has 1 aromatic heterocycles. The molecule has 2 rings (SSSR count). The average molecular weight is 288 g/mol. The van der Waals surface area contributed by atoms with Crippen molar-refractivity contribution in [2.75, 3.05) is 7.11 Å². The minimum Gasteiger partial charge on any atom is -0.496 e. The van der Waals surface area contributed by atoms with Crippen LogP contribution < -0.4 is 10.1 Å². The molecule has 7 heteroatoms. The molecule has 0 atom stereocenters. The maximum Gasteiger partial charge on any atom is 0.270 e. The third kappa shape index (κ3) is 3.96. The molecular weight excluding hydrogens is 272 g/mol. The highest BCUT2D eigenvalue weighted by Gasteiger charge is 2.11. The fourth-order valence-electron chi connectivity index (χ4n) is 1.95. The lowest BCUT2D eigenvalue weighted by molar-refractivity contribution is -0.384. The van der Waals surface area contributed by atoms with Crippen LogP contribution in [0.1, 0.15) is 17.1 Å². The summed E-state index contributed by atoms with van der Waals surface area (Å²) < 4.78 is 5.21. The average Bonchev–Trinajstić information content (AvgIpc) is 2.47. The molecule has 110 valence electrons. The normalized spacial score (nSPS) is 10.4. The highest BCUT2D eigenvalue weighted by atomic mass is 16.6. The van der Waals surface area contributed by atoms with Gasteiger partial charge in [0.2, 0.25) is 0 Å². The van der Waals surface area contributed by atoms with E-state index in [1.807, 2.05) is 13.0 Å². The van der Waals surface area contributed by atoms with Gasteiger partial charge in [-0.25, -0.2) is 9.97 Å². The Labute approximate surface area is 122 Å². The highest BCUT2D eigenvalue weighted by molar-refractivity contribution is 5.43. The van der Waals surface area contributed by atoms with Crippen LogP contribution >= 0.6 is 0 Å². The lowest BCUT2D eigenvalue weighted by atomic mass is 10.1. The number of hydrogen-bond acceptors (Lipinski definition) is 6. The molecule has 0 bridgehead atoms. The summed E-state index contributed by atoms with van der Waals surface area (Å²) in [4.78, 5) is 18.7. The number of aromatic nitrogens is 2. The third-order valence-electron chi connectivity index (χ3n) is 2.93. The van der Waals surface area contributed by atoms with E-state index in [1.54, 1.807) is 19.4 Å². The number of ether oxygens (including phenoxy) is 1. The lowest BCUT2D eigenvalue weighted by Crippen LogP contribution is -2.15. The molecule has 1 heterocycles. The zero-order chi connectivity index (χ0) is 15.2. The van der Waals surface area contributed by atoms with Gasteiger partial charge in [0.1, 0.15) is 11.6 Å². The predicted molar refractivity (Wildman–Crippen MR) is 77.0 cm³/mol. The molecule has 0 radical (unpaired) electrons. The van der Waals surface area contributed by atoms with E-state index in [1.165, 1.54) is 12.1 Å². The van der Waals surface area contributed by atoms with Crippen molar-refractivity contribution in [2.24, 2.45) is 0 Å². The second-order valence-corrected chi connectivity index (χ2v) is 4.45. The molecule has 0 unspecified atom stereocenters. The Balaban J connectivity index is 2.05. The van der Waals surface area contributed by atoms with Gasteiger partial charge in [0.05, 0.1) is 17.7 Å². The molecular formula is C14H16N4O3.